The Bertz CT molecular complexity index is 1050. The Kier molecular flexibility index (Phi) is 6.37. The lowest BCUT2D eigenvalue weighted by Gasteiger charge is -2.32. The number of ether oxygens (including phenoxy) is 2. The highest BCUT2D eigenvalue weighted by molar-refractivity contribution is 6.62. The second kappa shape index (κ2) is 9.09. The number of hydrogen-bond acceptors (Lipinski definition) is 4. The predicted octanol–water partition coefficient (Wildman–Crippen LogP) is 5.59. The third kappa shape index (κ3) is 4.85. The van der Waals surface area contributed by atoms with Gasteiger partial charge < -0.3 is 18.8 Å². The zero-order valence-electron chi connectivity index (χ0n) is 20.2. The molecular weight excluding hydrogens is 411 g/mol. The first kappa shape index (κ1) is 23.2. The van der Waals surface area contributed by atoms with Crippen molar-refractivity contribution in [2.45, 2.75) is 38.9 Å². The fourth-order valence-electron chi connectivity index (χ4n) is 3.77. The van der Waals surface area contributed by atoms with Gasteiger partial charge in [-0.15, -0.1) is 0 Å². The molecule has 4 rings (SSSR count). The molecule has 170 valence electrons. The molecule has 1 fully saturated rings. The van der Waals surface area contributed by atoms with Gasteiger partial charge in [-0.2, -0.15) is 0 Å². The summed E-state index contributed by atoms with van der Waals surface area (Å²) in [5, 5.41) is 0. The summed E-state index contributed by atoms with van der Waals surface area (Å²) in [6.07, 6.45) is 2.19. The molecular formula is C28H31BO4. The zero-order valence-corrected chi connectivity index (χ0v) is 20.2. The minimum absolute atomic E-state index is 0.355. The van der Waals surface area contributed by atoms with Gasteiger partial charge in [0.2, 0.25) is 0 Å². The molecule has 1 saturated heterocycles. The smallest absolute Gasteiger partial charge is 0.494 e. The van der Waals surface area contributed by atoms with Crippen molar-refractivity contribution in [1.82, 2.24) is 0 Å². The maximum absolute atomic E-state index is 6.19. The molecule has 0 spiro atoms. The van der Waals surface area contributed by atoms with Gasteiger partial charge in [-0.3, -0.25) is 0 Å². The van der Waals surface area contributed by atoms with Crippen LogP contribution in [0, 0.1) is 0 Å². The Morgan fingerprint density at radius 2 is 1.09 bits per heavy atom. The second-order valence-electron chi connectivity index (χ2n) is 9.27. The van der Waals surface area contributed by atoms with E-state index in [0.29, 0.717) is 0 Å². The van der Waals surface area contributed by atoms with Crippen LogP contribution < -0.4 is 14.9 Å². The average Bonchev–Trinajstić information content (AvgIpc) is 3.05. The lowest BCUT2D eigenvalue weighted by atomic mass is 9.79. The van der Waals surface area contributed by atoms with Crippen LogP contribution in [0.25, 0.3) is 11.6 Å². The van der Waals surface area contributed by atoms with Crippen LogP contribution >= 0.6 is 0 Å². The fourth-order valence-corrected chi connectivity index (χ4v) is 3.77. The van der Waals surface area contributed by atoms with Crippen molar-refractivity contribution in [2.24, 2.45) is 0 Å². The summed E-state index contributed by atoms with van der Waals surface area (Å²) in [7, 11) is 2.99. The van der Waals surface area contributed by atoms with Crippen LogP contribution in [0.3, 0.4) is 0 Å². The highest BCUT2D eigenvalue weighted by Gasteiger charge is 2.51. The van der Waals surface area contributed by atoms with Crippen molar-refractivity contribution in [3.8, 4) is 11.5 Å². The molecule has 0 atom stereocenters. The Hall–Kier alpha value is -3.02. The van der Waals surface area contributed by atoms with Crippen LogP contribution in [-0.4, -0.2) is 32.5 Å². The summed E-state index contributed by atoms with van der Waals surface area (Å²) in [5.41, 5.74) is 4.73. The zero-order chi connectivity index (χ0) is 23.6. The topological polar surface area (TPSA) is 36.9 Å². The summed E-state index contributed by atoms with van der Waals surface area (Å²) < 4.78 is 23.1. The van der Waals surface area contributed by atoms with Crippen LogP contribution in [0.2, 0.25) is 0 Å². The Morgan fingerprint density at radius 3 is 1.48 bits per heavy atom. The number of benzene rings is 3. The van der Waals surface area contributed by atoms with E-state index in [-0.39, 0.29) is 18.3 Å². The molecule has 1 aliphatic heterocycles. The van der Waals surface area contributed by atoms with E-state index in [9.17, 15) is 0 Å². The molecule has 0 bridgehead atoms. The monoisotopic (exact) mass is 442 g/mol. The summed E-state index contributed by atoms with van der Waals surface area (Å²) in [4.78, 5) is 0. The van der Waals surface area contributed by atoms with Crippen molar-refractivity contribution in [3.05, 3.63) is 89.5 Å². The molecule has 3 aromatic rings. The van der Waals surface area contributed by atoms with Crippen LogP contribution in [0.15, 0.2) is 72.8 Å². The van der Waals surface area contributed by atoms with Gasteiger partial charge in [0.1, 0.15) is 11.5 Å². The van der Waals surface area contributed by atoms with Crippen molar-refractivity contribution in [2.75, 3.05) is 14.2 Å². The molecule has 3 aromatic carbocycles. The van der Waals surface area contributed by atoms with Gasteiger partial charge in [0.15, 0.2) is 0 Å². The summed E-state index contributed by atoms with van der Waals surface area (Å²) in [6.45, 7) is 8.28. The Labute approximate surface area is 197 Å². The van der Waals surface area contributed by atoms with Crippen LogP contribution in [0.4, 0.5) is 0 Å². The largest absolute Gasteiger partial charge is 0.497 e. The van der Waals surface area contributed by atoms with E-state index < -0.39 is 0 Å². The van der Waals surface area contributed by atoms with E-state index in [1.165, 1.54) is 0 Å². The molecule has 0 aromatic heterocycles. The molecule has 33 heavy (non-hydrogen) atoms. The van der Waals surface area contributed by atoms with Crippen LogP contribution in [0.1, 0.15) is 44.4 Å². The van der Waals surface area contributed by atoms with E-state index in [0.717, 1.165) is 39.2 Å². The third-order valence-corrected chi connectivity index (χ3v) is 6.57. The summed E-state index contributed by atoms with van der Waals surface area (Å²) in [5.74, 6) is 1.67. The van der Waals surface area contributed by atoms with Gasteiger partial charge in [-0.25, -0.2) is 0 Å². The maximum atomic E-state index is 6.19. The standard InChI is InChI=1S/C28H31BO4/c1-27(2)28(3,4)33-29(32-27)23-13-7-20(8-14-23)19-26(21-9-15-24(30-5)16-10-21)22-11-17-25(31-6)18-12-22/h7-19H,1-6H3. The van der Waals surface area contributed by atoms with E-state index in [1.807, 2.05) is 24.3 Å². The lowest BCUT2D eigenvalue weighted by molar-refractivity contribution is 0.00578. The third-order valence-electron chi connectivity index (χ3n) is 6.57. The second-order valence-corrected chi connectivity index (χ2v) is 9.27. The molecule has 1 aliphatic rings. The van der Waals surface area contributed by atoms with E-state index in [1.54, 1.807) is 14.2 Å². The van der Waals surface area contributed by atoms with Crippen LogP contribution in [-0.2, 0) is 9.31 Å². The van der Waals surface area contributed by atoms with E-state index in [2.05, 4.69) is 82.3 Å². The minimum atomic E-state index is -0.365. The molecule has 0 radical (unpaired) electrons. The molecule has 0 amide bonds. The first-order chi connectivity index (χ1) is 15.7. The predicted molar refractivity (Wildman–Crippen MR) is 135 cm³/mol. The molecule has 0 aliphatic carbocycles. The van der Waals surface area contributed by atoms with Crippen molar-refractivity contribution >= 4 is 24.2 Å². The first-order valence-electron chi connectivity index (χ1n) is 11.2. The summed E-state index contributed by atoms with van der Waals surface area (Å²) >= 11 is 0. The molecule has 5 heteroatoms. The SMILES string of the molecule is COc1ccc(C(=Cc2ccc(B3OC(C)(C)C(C)(C)O3)cc2)c2ccc(OC)cc2)cc1. The van der Waals surface area contributed by atoms with Gasteiger partial charge in [0, 0.05) is 0 Å². The Balaban J connectivity index is 1.66. The maximum Gasteiger partial charge on any atom is 0.494 e. The molecule has 1 heterocycles. The molecule has 0 N–H and O–H groups in total. The van der Waals surface area contributed by atoms with Gasteiger partial charge in [0.25, 0.3) is 0 Å². The van der Waals surface area contributed by atoms with Gasteiger partial charge in [0.05, 0.1) is 25.4 Å². The molecule has 0 saturated carbocycles. The number of methoxy groups -OCH3 is 2. The van der Waals surface area contributed by atoms with E-state index >= 15 is 0 Å². The number of hydrogen-bond donors (Lipinski definition) is 0. The molecule has 4 nitrogen and oxygen atoms in total. The minimum Gasteiger partial charge on any atom is -0.497 e. The van der Waals surface area contributed by atoms with Crippen molar-refractivity contribution in [3.63, 3.8) is 0 Å². The van der Waals surface area contributed by atoms with E-state index in [4.69, 9.17) is 18.8 Å². The van der Waals surface area contributed by atoms with Gasteiger partial charge >= 0.3 is 7.12 Å². The lowest BCUT2D eigenvalue weighted by Crippen LogP contribution is -2.41. The summed E-state index contributed by atoms with van der Waals surface area (Å²) in [6, 6.07) is 24.6. The van der Waals surface area contributed by atoms with Crippen molar-refractivity contribution < 1.29 is 18.8 Å². The van der Waals surface area contributed by atoms with Crippen molar-refractivity contribution in [1.29, 1.82) is 0 Å². The highest BCUT2D eigenvalue weighted by Crippen LogP contribution is 2.36. The molecule has 0 unspecified atom stereocenters. The van der Waals surface area contributed by atoms with Gasteiger partial charge in [-0.1, -0.05) is 48.5 Å². The van der Waals surface area contributed by atoms with Crippen LogP contribution in [0.5, 0.6) is 11.5 Å². The first-order valence-corrected chi connectivity index (χ1v) is 11.2. The fraction of sp³-hybridized carbons (Fsp3) is 0.286. The normalized spacial score (nSPS) is 16.4. The highest BCUT2D eigenvalue weighted by atomic mass is 16.7. The Morgan fingerprint density at radius 1 is 0.667 bits per heavy atom. The number of rotatable bonds is 6. The van der Waals surface area contributed by atoms with Gasteiger partial charge in [-0.05, 0) is 85.8 Å². The quantitative estimate of drug-likeness (QED) is 0.368. The average molecular weight is 442 g/mol.